The fourth-order valence-corrected chi connectivity index (χ4v) is 4.41. The third-order valence-corrected chi connectivity index (χ3v) is 6.26. The van der Waals surface area contributed by atoms with Gasteiger partial charge in [0, 0.05) is 6.54 Å². The van der Waals surface area contributed by atoms with Crippen LogP contribution >= 0.6 is 0 Å². The van der Waals surface area contributed by atoms with Crippen LogP contribution in [-0.4, -0.2) is 37.2 Å². The third kappa shape index (κ3) is 3.24. The van der Waals surface area contributed by atoms with Crippen LogP contribution in [0.4, 0.5) is 0 Å². The Kier molecular flexibility index (Phi) is 4.47. The van der Waals surface area contributed by atoms with Crippen molar-refractivity contribution in [3.05, 3.63) is 59.7 Å². The molecule has 2 heterocycles. The highest BCUT2D eigenvalue weighted by atomic mass is 16.7. The molecule has 5 rings (SSSR count). The molecule has 5 nitrogen and oxygen atoms in total. The maximum atomic E-state index is 13.4. The van der Waals surface area contributed by atoms with Crippen molar-refractivity contribution in [3.63, 3.8) is 0 Å². The molecule has 1 saturated heterocycles. The molecule has 1 N–H and O–H groups in total. The zero-order valence-electron chi connectivity index (χ0n) is 16.0. The summed E-state index contributed by atoms with van der Waals surface area (Å²) in [4.78, 5) is 15.8. The molecule has 3 aliphatic rings. The number of benzene rings is 2. The van der Waals surface area contributed by atoms with E-state index < -0.39 is 5.41 Å². The van der Waals surface area contributed by atoms with Crippen molar-refractivity contribution in [1.82, 2.24) is 10.2 Å². The van der Waals surface area contributed by atoms with Crippen LogP contribution in [0.15, 0.2) is 48.5 Å². The van der Waals surface area contributed by atoms with Crippen molar-refractivity contribution in [1.29, 1.82) is 0 Å². The van der Waals surface area contributed by atoms with Crippen molar-refractivity contribution in [2.24, 2.45) is 0 Å². The molecule has 5 heteroatoms. The average molecular weight is 378 g/mol. The first-order valence-electron chi connectivity index (χ1n) is 10.2. The van der Waals surface area contributed by atoms with Gasteiger partial charge in [-0.25, -0.2) is 0 Å². The first-order chi connectivity index (χ1) is 13.7. The van der Waals surface area contributed by atoms with Gasteiger partial charge in [-0.15, -0.1) is 0 Å². The third-order valence-electron chi connectivity index (χ3n) is 6.26. The van der Waals surface area contributed by atoms with E-state index in [0.717, 1.165) is 49.5 Å². The Hall–Kier alpha value is -2.53. The molecule has 2 aliphatic heterocycles. The highest BCUT2D eigenvalue weighted by Gasteiger charge is 2.52. The molecule has 0 bridgehead atoms. The average Bonchev–Trinajstić information content (AvgIpc) is 3.14. The van der Waals surface area contributed by atoms with Gasteiger partial charge < -0.3 is 19.7 Å². The van der Waals surface area contributed by atoms with Crippen LogP contribution in [0.1, 0.15) is 42.9 Å². The Morgan fingerprint density at radius 3 is 2.54 bits per heavy atom. The highest BCUT2D eigenvalue weighted by Crippen LogP contribution is 2.50. The van der Waals surface area contributed by atoms with Crippen LogP contribution in [0.5, 0.6) is 11.5 Å². The number of fused-ring (bicyclic) bond motifs is 1. The van der Waals surface area contributed by atoms with Gasteiger partial charge in [-0.3, -0.25) is 4.79 Å². The van der Waals surface area contributed by atoms with Gasteiger partial charge in [-0.2, -0.15) is 0 Å². The molecule has 0 radical (unpaired) electrons. The summed E-state index contributed by atoms with van der Waals surface area (Å²) in [6.07, 6.45) is 4.25. The van der Waals surface area contributed by atoms with Crippen LogP contribution in [0.3, 0.4) is 0 Å². The summed E-state index contributed by atoms with van der Waals surface area (Å²) >= 11 is 0. The first kappa shape index (κ1) is 17.6. The number of likely N-dealkylation sites (tertiary alicyclic amines) is 1. The summed E-state index contributed by atoms with van der Waals surface area (Å²) in [6.45, 7) is 3.36. The van der Waals surface area contributed by atoms with E-state index in [1.165, 1.54) is 18.4 Å². The first-order valence-corrected chi connectivity index (χ1v) is 10.2. The molecule has 146 valence electrons. The van der Waals surface area contributed by atoms with Gasteiger partial charge in [0.05, 0.1) is 11.5 Å². The van der Waals surface area contributed by atoms with Gasteiger partial charge >= 0.3 is 0 Å². The second kappa shape index (κ2) is 7.13. The maximum absolute atomic E-state index is 13.4. The molecule has 2 fully saturated rings. The lowest BCUT2D eigenvalue weighted by atomic mass is 9.93. The smallest absolute Gasteiger partial charge is 0.231 e. The molecule has 2 aromatic carbocycles. The van der Waals surface area contributed by atoms with E-state index in [-0.39, 0.29) is 18.7 Å². The quantitative estimate of drug-likeness (QED) is 0.837. The molecular weight excluding hydrogens is 352 g/mol. The minimum Gasteiger partial charge on any atom is -0.454 e. The number of carbonyl (C=O) groups excluding carboxylic acids is 1. The van der Waals surface area contributed by atoms with Crippen molar-refractivity contribution < 1.29 is 14.3 Å². The number of nitrogens with one attached hydrogen (secondary N) is 1. The molecule has 1 amide bonds. The number of hydrogen-bond donors (Lipinski definition) is 1. The van der Waals surface area contributed by atoms with E-state index in [9.17, 15) is 4.79 Å². The van der Waals surface area contributed by atoms with Crippen LogP contribution < -0.4 is 14.8 Å². The Morgan fingerprint density at radius 2 is 1.79 bits per heavy atom. The molecule has 1 atom stereocenters. The fourth-order valence-electron chi connectivity index (χ4n) is 4.41. The van der Waals surface area contributed by atoms with Gasteiger partial charge in [0.25, 0.3) is 0 Å². The molecule has 28 heavy (non-hydrogen) atoms. The van der Waals surface area contributed by atoms with Crippen LogP contribution in [0.2, 0.25) is 0 Å². The Morgan fingerprint density at radius 1 is 1.04 bits per heavy atom. The predicted molar refractivity (Wildman–Crippen MR) is 106 cm³/mol. The number of hydrogen-bond acceptors (Lipinski definition) is 4. The standard InChI is InChI=1S/C23H26N2O3/c26-22(23(10-11-23)18-8-9-20-21(14-18)28-16-27-20)24-19(15-25-12-4-5-13-25)17-6-2-1-3-7-17/h1-3,6-9,14,19H,4-5,10-13,15-16H2,(H,24,26). The van der Waals surface area contributed by atoms with Crippen molar-refractivity contribution in [2.75, 3.05) is 26.4 Å². The number of nitrogens with zero attached hydrogens (tertiary/aromatic N) is 1. The zero-order chi connectivity index (χ0) is 19.0. The van der Waals surface area contributed by atoms with Gasteiger partial charge in [0.2, 0.25) is 12.7 Å². The van der Waals surface area contributed by atoms with Gasteiger partial charge in [-0.1, -0.05) is 36.4 Å². The van der Waals surface area contributed by atoms with Crippen molar-refractivity contribution >= 4 is 5.91 Å². The molecule has 1 saturated carbocycles. The second-order valence-corrected chi connectivity index (χ2v) is 8.09. The molecule has 1 unspecified atom stereocenters. The van der Waals surface area contributed by atoms with E-state index >= 15 is 0 Å². The predicted octanol–water partition coefficient (Wildman–Crippen LogP) is 3.40. The summed E-state index contributed by atoms with van der Waals surface area (Å²) in [5, 5.41) is 3.38. The second-order valence-electron chi connectivity index (χ2n) is 8.09. The van der Waals surface area contributed by atoms with Gasteiger partial charge in [-0.05, 0) is 62.0 Å². The lowest BCUT2D eigenvalue weighted by molar-refractivity contribution is -0.124. The van der Waals surface area contributed by atoms with Crippen LogP contribution in [0, 0.1) is 0 Å². The summed E-state index contributed by atoms with van der Waals surface area (Å²) in [7, 11) is 0. The highest BCUT2D eigenvalue weighted by molar-refractivity contribution is 5.91. The topological polar surface area (TPSA) is 50.8 Å². The molecule has 0 aromatic heterocycles. The minimum absolute atomic E-state index is 0.0123. The molecule has 2 aromatic rings. The van der Waals surface area contributed by atoms with E-state index in [1.807, 2.05) is 36.4 Å². The minimum atomic E-state index is -0.432. The number of ether oxygens (including phenoxy) is 2. The summed E-state index contributed by atoms with van der Waals surface area (Å²) in [5.41, 5.74) is 1.77. The summed E-state index contributed by atoms with van der Waals surface area (Å²) in [6, 6.07) is 16.3. The lowest BCUT2D eigenvalue weighted by Crippen LogP contribution is -2.41. The largest absolute Gasteiger partial charge is 0.454 e. The Labute approximate surface area is 165 Å². The summed E-state index contributed by atoms with van der Waals surface area (Å²) in [5.74, 6) is 1.63. The van der Waals surface area contributed by atoms with Crippen molar-refractivity contribution in [3.8, 4) is 11.5 Å². The monoisotopic (exact) mass is 378 g/mol. The summed E-state index contributed by atoms with van der Waals surface area (Å²) < 4.78 is 10.9. The Balaban J connectivity index is 1.37. The number of amides is 1. The number of rotatable bonds is 6. The molecule has 0 spiro atoms. The van der Waals surface area contributed by atoms with Crippen LogP contribution in [-0.2, 0) is 10.2 Å². The molecular formula is C23H26N2O3. The lowest BCUT2D eigenvalue weighted by Gasteiger charge is -2.27. The molecule has 1 aliphatic carbocycles. The van der Waals surface area contributed by atoms with E-state index in [1.54, 1.807) is 0 Å². The van der Waals surface area contributed by atoms with E-state index in [0.29, 0.717) is 0 Å². The zero-order valence-corrected chi connectivity index (χ0v) is 16.0. The SMILES string of the molecule is O=C(NC(CN1CCCC1)c1ccccc1)C1(c2ccc3c(c2)OCO3)CC1. The Bertz CT molecular complexity index is 857. The number of carbonyl (C=O) groups is 1. The normalized spacial score (nSPS) is 20.7. The van der Waals surface area contributed by atoms with Gasteiger partial charge in [0.15, 0.2) is 11.5 Å². The van der Waals surface area contributed by atoms with E-state index in [2.05, 4.69) is 22.3 Å². The van der Waals surface area contributed by atoms with E-state index in [4.69, 9.17) is 9.47 Å². The fraction of sp³-hybridized carbons (Fsp3) is 0.435. The van der Waals surface area contributed by atoms with Crippen LogP contribution in [0.25, 0.3) is 0 Å². The van der Waals surface area contributed by atoms with Gasteiger partial charge in [0.1, 0.15) is 0 Å². The van der Waals surface area contributed by atoms with Crippen molar-refractivity contribution in [2.45, 2.75) is 37.1 Å². The maximum Gasteiger partial charge on any atom is 0.231 e.